The van der Waals surface area contributed by atoms with Crippen molar-refractivity contribution in [1.29, 1.82) is 0 Å². The van der Waals surface area contributed by atoms with Gasteiger partial charge in [-0.2, -0.15) is 0 Å². The Hall–Kier alpha value is -0.550. The lowest BCUT2D eigenvalue weighted by atomic mass is 10.3. The van der Waals surface area contributed by atoms with Gasteiger partial charge in [-0.3, -0.25) is 0 Å². The normalized spacial score (nSPS) is 11.5. The molecule has 3 nitrogen and oxygen atoms in total. The number of sulfone groups is 1. The highest BCUT2D eigenvalue weighted by atomic mass is 79.9. The quantitative estimate of drug-likeness (QED) is 0.829. The summed E-state index contributed by atoms with van der Waals surface area (Å²) in [6.07, 6.45) is 0. The first-order chi connectivity index (χ1) is 5.97. The second-order valence-electron chi connectivity index (χ2n) is 2.59. The van der Waals surface area contributed by atoms with Gasteiger partial charge >= 0.3 is 0 Å². The number of anilines is 1. The highest BCUT2D eigenvalue weighted by Gasteiger charge is 2.14. The van der Waals surface area contributed by atoms with Gasteiger partial charge in [0.25, 0.3) is 0 Å². The molecule has 1 aromatic carbocycles. The van der Waals surface area contributed by atoms with Crippen LogP contribution in [0.1, 0.15) is 6.92 Å². The fourth-order valence-corrected chi connectivity index (χ4v) is 3.00. The standard InChI is InChI=1S/C8H10BrNO2S/c1-2-13(11,12)8-4-3-6(10)5-7(8)9/h3-5H,2,10H2,1H3. The van der Waals surface area contributed by atoms with Crippen molar-refractivity contribution in [3.8, 4) is 0 Å². The second-order valence-corrected chi connectivity index (χ2v) is 5.69. The minimum absolute atomic E-state index is 0.0928. The van der Waals surface area contributed by atoms with Crippen LogP contribution in [0.5, 0.6) is 0 Å². The molecule has 0 aliphatic heterocycles. The van der Waals surface area contributed by atoms with Crippen LogP contribution in [0.25, 0.3) is 0 Å². The lowest BCUT2D eigenvalue weighted by molar-refractivity contribution is 0.597. The van der Waals surface area contributed by atoms with Crippen molar-refractivity contribution in [3.05, 3.63) is 22.7 Å². The summed E-state index contributed by atoms with van der Waals surface area (Å²) in [5.74, 6) is 0.0928. The molecule has 0 aliphatic carbocycles. The molecule has 0 heterocycles. The smallest absolute Gasteiger partial charge is 0.179 e. The predicted molar refractivity (Wildman–Crippen MR) is 56.3 cm³/mol. The van der Waals surface area contributed by atoms with Gasteiger partial charge in [-0.25, -0.2) is 8.42 Å². The van der Waals surface area contributed by atoms with Gasteiger partial charge in [-0.15, -0.1) is 0 Å². The number of halogens is 1. The monoisotopic (exact) mass is 263 g/mol. The maximum Gasteiger partial charge on any atom is 0.179 e. The number of hydrogen-bond donors (Lipinski definition) is 1. The van der Waals surface area contributed by atoms with Gasteiger partial charge in [0.2, 0.25) is 0 Å². The first-order valence-electron chi connectivity index (χ1n) is 3.75. The van der Waals surface area contributed by atoms with Gasteiger partial charge < -0.3 is 5.73 Å². The molecule has 1 rings (SSSR count). The molecule has 0 saturated heterocycles. The molecule has 0 fully saturated rings. The van der Waals surface area contributed by atoms with E-state index in [2.05, 4.69) is 15.9 Å². The van der Waals surface area contributed by atoms with E-state index < -0.39 is 9.84 Å². The molecule has 5 heteroatoms. The molecule has 0 aromatic heterocycles. The summed E-state index contributed by atoms with van der Waals surface area (Å²) in [5, 5.41) is 0. The average molecular weight is 264 g/mol. The zero-order valence-corrected chi connectivity index (χ0v) is 9.52. The van der Waals surface area contributed by atoms with Crippen molar-refractivity contribution in [3.63, 3.8) is 0 Å². The zero-order chi connectivity index (χ0) is 10.1. The van der Waals surface area contributed by atoms with E-state index in [-0.39, 0.29) is 5.75 Å². The fourth-order valence-electron chi connectivity index (χ4n) is 0.925. The molecule has 0 radical (unpaired) electrons. The first kappa shape index (κ1) is 10.5. The molecule has 1 aromatic rings. The number of nitrogens with two attached hydrogens (primary N) is 1. The van der Waals surface area contributed by atoms with E-state index in [0.717, 1.165) is 0 Å². The summed E-state index contributed by atoms with van der Waals surface area (Å²) in [5.41, 5.74) is 6.03. The fraction of sp³-hybridized carbons (Fsp3) is 0.250. The Morgan fingerprint density at radius 3 is 2.54 bits per heavy atom. The van der Waals surface area contributed by atoms with Crippen LogP contribution in [0.15, 0.2) is 27.6 Å². The summed E-state index contributed by atoms with van der Waals surface area (Å²) < 4.78 is 23.4. The van der Waals surface area contributed by atoms with E-state index in [1.165, 1.54) is 6.07 Å². The summed E-state index contributed by atoms with van der Waals surface area (Å²) >= 11 is 3.16. The van der Waals surface area contributed by atoms with Crippen LogP contribution in [0.2, 0.25) is 0 Å². The van der Waals surface area contributed by atoms with Gasteiger partial charge in [0.15, 0.2) is 9.84 Å². The molecule has 72 valence electrons. The Labute approximate surface area is 86.0 Å². The van der Waals surface area contributed by atoms with Gasteiger partial charge in [-0.05, 0) is 34.1 Å². The minimum Gasteiger partial charge on any atom is -0.399 e. The summed E-state index contributed by atoms with van der Waals surface area (Å²) in [6.45, 7) is 1.61. The van der Waals surface area contributed by atoms with Crippen LogP contribution in [0.3, 0.4) is 0 Å². The Morgan fingerprint density at radius 1 is 1.46 bits per heavy atom. The third kappa shape index (κ3) is 2.22. The number of benzene rings is 1. The molecule has 0 bridgehead atoms. The Kier molecular flexibility index (Phi) is 2.98. The lowest BCUT2D eigenvalue weighted by Gasteiger charge is -2.04. The topological polar surface area (TPSA) is 60.2 Å². The van der Waals surface area contributed by atoms with E-state index in [9.17, 15) is 8.42 Å². The van der Waals surface area contributed by atoms with Crippen molar-refractivity contribution in [2.24, 2.45) is 0 Å². The largest absolute Gasteiger partial charge is 0.399 e. The maximum atomic E-state index is 11.5. The Balaban J connectivity index is 3.33. The third-order valence-electron chi connectivity index (χ3n) is 1.67. The van der Waals surface area contributed by atoms with Crippen LogP contribution in [-0.2, 0) is 9.84 Å². The minimum atomic E-state index is -3.15. The van der Waals surface area contributed by atoms with Crippen molar-refractivity contribution >= 4 is 31.5 Å². The number of rotatable bonds is 2. The number of hydrogen-bond acceptors (Lipinski definition) is 3. The van der Waals surface area contributed by atoms with Gasteiger partial charge in [0.05, 0.1) is 10.6 Å². The van der Waals surface area contributed by atoms with E-state index in [1.54, 1.807) is 19.1 Å². The van der Waals surface area contributed by atoms with Crippen LogP contribution in [0, 0.1) is 0 Å². The van der Waals surface area contributed by atoms with Crippen molar-refractivity contribution in [1.82, 2.24) is 0 Å². The van der Waals surface area contributed by atoms with Gasteiger partial charge in [0.1, 0.15) is 0 Å². The Bertz CT molecular complexity index is 414. The summed E-state index contributed by atoms with van der Waals surface area (Å²) in [7, 11) is -3.15. The van der Waals surface area contributed by atoms with Crippen molar-refractivity contribution < 1.29 is 8.42 Å². The van der Waals surface area contributed by atoms with E-state index in [4.69, 9.17) is 5.73 Å². The third-order valence-corrected chi connectivity index (χ3v) is 4.38. The molecular weight excluding hydrogens is 254 g/mol. The van der Waals surface area contributed by atoms with Crippen LogP contribution in [-0.4, -0.2) is 14.2 Å². The first-order valence-corrected chi connectivity index (χ1v) is 6.19. The van der Waals surface area contributed by atoms with E-state index >= 15 is 0 Å². The maximum absolute atomic E-state index is 11.5. The molecule has 0 saturated carbocycles. The average Bonchev–Trinajstić information content (AvgIpc) is 2.03. The highest BCUT2D eigenvalue weighted by Crippen LogP contribution is 2.24. The van der Waals surface area contributed by atoms with E-state index in [1.807, 2.05) is 0 Å². The number of nitrogen functional groups attached to an aromatic ring is 1. The molecule has 0 amide bonds. The highest BCUT2D eigenvalue weighted by molar-refractivity contribution is 9.10. The SMILES string of the molecule is CCS(=O)(=O)c1ccc(N)cc1Br. The van der Waals surface area contributed by atoms with Crippen LogP contribution in [0.4, 0.5) is 5.69 Å². The van der Waals surface area contributed by atoms with Crippen LogP contribution >= 0.6 is 15.9 Å². The summed E-state index contributed by atoms with van der Waals surface area (Å²) in [6, 6.07) is 4.67. The molecule has 0 spiro atoms. The van der Waals surface area contributed by atoms with E-state index in [0.29, 0.717) is 15.1 Å². The second kappa shape index (κ2) is 3.67. The van der Waals surface area contributed by atoms with Crippen molar-refractivity contribution in [2.45, 2.75) is 11.8 Å². The summed E-state index contributed by atoms with van der Waals surface area (Å²) in [4.78, 5) is 0.296. The van der Waals surface area contributed by atoms with Crippen LogP contribution < -0.4 is 5.73 Å². The molecule has 0 aliphatic rings. The van der Waals surface area contributed by atoms with Gasteiger partial charge in [0, 0.05) is 10.2 Å². The molecular formula is C8H10BrNO2S. The van der Waals surface area contributed by atoms with Gasteiger partial charge in [-0.1, -0.05) is 6.92 Å². The molecule has 2 N–H and O–H groups in total. The Morgan fingerprint density at radius 2 is 2.08 bits per heavy atom. The lowest BCUT2D eigenvalue weighted by Crippen LogP contribution is -2.04. The predicted octanol–water partition coefficient (Wildman–Crippen LogP) is 1.82. The molecule has 13 heavy (non-hydrogen) atoms. The van der Waals surface area contributed by atoms with Crippen molar-refractivity contribution in [2.75, 3.05) is 11.5 Å². The molecule has 0 unspecified atom stereocenters. The zero-order valence-electron chi connectivity index (χ0n) is 7.12. The molecule has 0 atom stereocenters.